The van der Waals surface area contributed by atoms with Gasteiger partial charge in [0.25, 0.3) is 0 Å². The Kier molecular flexibility index (Phi) is 8.42. The highest BCUT2D eigenvalue weighted by molar-refractivity contribution is 5.71. The van der Waals surface area contributed by atoms with Gasteiger partial charge < -0.3 is 9.84 Å². The van der Waals surface area contributed by atoms with E-state index in [0.29, 0.717) is 25.9 Å². The minimum Gasteiger partial charge on any atom is -0.481 e. The average molecular weight is 315 g/mol. The van der Waals surface area contributed by atoms with Crippen LogP contribution in [0.5, 0.6) is 0 Å². The lowest BCUT2D eigenvalue weighted by Gasteiger charge is -2.35. The predicted octanol–water partition coefficient (Wildman–Crippen LogP) is 2.82. The first-order chi connectivity index (χ1) is 10.5. The van der Waals surface area contributed by atoms with Crippen LogP contribution in [0.4, 0.5) is 0 Å². The van der Waals surface area contributed by atoms with Crippen molar-refractivity contribution in [2.75, 3.05) is 6.61 Å². The number of hydroxylamine groups is 2. The lowest BCUT2D eigenvalue weighted by atomic mass is 9.88. The summed E-state index contributed by atoms with van der Waals surface area (Å²) < 4.78 is 5.49. The van der Waals surface area contributed by atoms with Gasteiger partial charge in [0.2, 0.25) is 6.41 Å². The number of carbonyl (C=O) groups is 2. The molecule has 1 aliphatic rings. The summed E-state index contributed by atoms with van der Waals surface area (Å²) in [5.41, 5.74) is 0. The van der Waals surface area contributed by atoms with E-state index in [1.165, 1.54) is 5.06 Å². The van der Waals surface area contributed by atoms with E-state index in [9.17, 15) is 14.7 Å². The summed E-state index contributed by atoms with van der Waals surface area (Å²) in [6, 6.07) is -0.465. The Morgan fingerprint density at radius 2 is 2.18 bits per heavy atom. The van der Waals surface area contributed by atoms with Gasteiger partial charge in [-0.25, -0.2) is 9.90 Å². The molecule has 128 valence electrons. The first kappa shape index (κ1) is 18.9. The van der Waals surface area contributed by atoms with Crippen molar-refractivity contribution in [3.63, 3.8) is 0 Å². The summed E-state index contributed by atoms with van der Waals surface area (Å²) in [5.74, 6) is -1.28. The van der Waals surface area contributed by atoms with Gasteiger partial charge in [-0.2, -0.15) is 0 Å². The van der Waals surface area contributed by atoms with Crippen LogP contribution in [0.3, 0.4) is 0 Å². The molecule has 1 N–H and O–H groups in total. The van der Waals surface area contributed by atoms with Gasteiger partial charge in [-0.15, -0.1) is 0 Å². The lowest BCUT2D eigenvalue weighted by molar-refractivity contribution is -0.290. The molecule has 1 aliphatic heterocycles. The van der Waals surface area contributed by atoms with Gasteiger partial charge in [-0.05, 0) is 31.6 Å². The second-order valence-corrected chi connectivity index (χ2v) is 6.30. The van der Waals surface area contributed by atoms with Crippen LogP contribution in [0.25, 0.3) is 0 Å². The molecule has 6 heteroatoms. The van der Waals surface area contributed by atoms with Crippen LogP contribution in [-0.4, -0.2) is 41.5 Å². The molecule has 1 saturated heterocycles. The molecular weight excluding hydrogens is 286 g/mol. The van der Waals surface area contributed by atoms with Crippen molar-refractivity contribution in [3.8, 4) is 0 Å². The molecule has 0 aromatic heterocycles. The Balaban J connectivity index is 2.81. The minimum atomic E-state index is -0.882. The third-order valence-electron chi connectivity index (χ3n) is 3.90. The van der Waals surface area contributed by atoms with Gasteiger partial charge >= 0.3 is 5.97 Å². The van der Waals surface area contributed by atoms with Crippen molar-refractivity contribution in [2.45, 2.75) is 71.6 Å². The second kappa shape index (κ2) is 9.79. The van der Waals surface area contributed by atoms with Crippen LogP contribution in [-0.2, 0) is 19.2 Å². The summed E-state index contributed by atoms with van der Waals surface area (Å²) in [5, 5.41) is 10.7. The Morgan fingerprint density at radius 1 is 1.45 bits per heavy atom. The fraction of sp³-hybridized carbons (Fsp3) is 0.875. The Hall–Kier alpha value is -1.14. The van der Waals surface area contributed by atoms with Gasteiger partial charge in [0, 0.05) is 13.0 Å². The van der Waals surface area contributed by atoms with E-state index in [0.717, 1.165) is 25.7 Å². The molecule has 6 nitrogen and oxygen atoms in total. The molecule has 0 aliphatic carbocycles. The summed E-state index contributed by atoms with van der Waals surface area (Å²) in [7, 11) is 0. The summed E-state index contributed by atoms with van der Waals surface area (Å²) in [6.07, 6.45) is 4.74. The zero-order valence-electron chi connectivity index (χ0n) is 13.9. The van der Waals surface area contributed by atoms with Crippen molar-refractivity contribution in [3.05, 3.63) is 0 Å². The van der Waals surface area contributed by atoms with Crippen LogP contribution in [0, 0.1) is 11.8 Å². The number of hydrogen-bond donors (Lipinski definition) is 1. The fourth-order valence-corrected chi connectivity index (χ4v) is 2.84. The van der Waals surface area contributed by atoms with Gasteiger partial charge in [0.05, 0.1) is 12.0 Å². The molecule has 1 fully saturated rings. The van der Waals surface area contributed by atoms with E-state index in [2.05, 4.69) is 0 Å². The number of amides is 1. The normalized spacial score (nSPS) is 21.4. The number of carbonyl (C=O) groups excluding carboxylic acids is 1. The van der Waals surface area contributed by atoms with Crippen LogP contribution >= 0.6 is 0 Å². The number of rotatable bonds is 10. The van der Waals surface area contributed by atoms with Crippen molar-refractivity contribution in [2.24, 2.45) is 11.8 Å². The zero-order chi connectivity index (χ0) is 16.5. The van der Waals surface area contributed by atoms with E-state index in [1.54, 1.807) is 0 Å². The predicted molar refractivity (Wildman–Crippen MR) is 81.9 cm³/mol. The monoisotopic (exact) mass is 315 g/mol. The highest BCUT2D eigenvalue weighted by Gasteiger charge is 2.34. The van der Waals surface area contributed by atoms with E-state index < -0.39 is 24.2 Å². The topological polar surface area (TPSA) is 76.1 Å². The van der Waals surface area contributed by atoms with E-state index in [4.69, 9.17) is 9.57 Å². The van der Waals surface area contributed by atoms with Crippen LogP contribution in [0.1, 0.15) is 59.3 Å². The van der Waals surface area contributed by atoms with E-state index in [1.807, 2.05) is 20.8 Å². The third-order valence-corrected chi connectivity index (χ3v) is 3.90. The maximum atomic E-state index is 11.6. The molecule has 0 radical (unpaired) electrons. The highest BCUT2D eigenvalue weighted by atomic mass is 16.8. The molecule has 3 atom stereocenters. The SMILES string of the molecule is CCCC(C(CC(C)C)C(=O)O)N(C=O)OC1CCCCO1. The van der Waals surface area contributed by atoms with Gasteiger partial charge in [-0.1, -0.05) is 27.2 Å². The molecule has 3 unspecified atom stereocenters. The van der Waals surface area contributed by atoms with Crippen LogP contribution in [0.15, 0.2) is 0 Å². The standard InChI is InChI=1S/C16H29NO5/c1-4-7-14(13(16(19)20)10-12(2)3)17(11-18)22-15-8-5-6-9-21-15/h11-15H,4-10H2,1-3H3,(H,19,20). The molecular formula is C16H29NO5. The Bertz CT molecular complexity index is 341. The average Bonchev–Trinajstić information content (AvgIpc) is 2.49. The van der Waals surface area contributed by atoms with Crippen LogP contribution in [0.2, 0.25) is 0 Å². The lowest BCUT2D eigenvalue weighted by Crippen LogP contribution is -2.46. The molecule has 0 saturated carbocycles. The van der Waals surface area contributed by atoms with Crippen molar-refractivity contribution >= 4 is 12.4 Å². The quantitative estimate of drug-likeness (QED) is 0.495. The molecule has 0 aromatic rings. The second-order valence-electron chi connectivity index (χ2n) is 6.30. The largest absolute Gasteiger partial charge is 0.481 e. The van der Waals surface area contributed by atoms with Gasteiger partial charge in [0.15, 0.2) is 6.29 Å². The summed E-state index contributed by atoms with van der Waals surface area (Å²) >= 11 is 0. The first-order valence-electron chi connectivity index (χ1n) is 8.24. The summed E-state index contributed by atoms with van der Waals surface area (Å²) in [4.78, 5) is 28.7. The Morgan fingerprint density at radius 3 is 2.64 bits per heavy atom. The number of ether oxygens (including phenoxy) is 1. The molecule has 0 bridgehead atoms. The van der Waals surface area contributed by atoms with Crippen molar-refractivity contribution < 1.29 is 24.3 Å². The molecule has 1 amide bonds. The maximum absolute atomic E-state index is 11.6. The zero-order valence-corrected chi connectivity index (χ0v) is 13.9. The van der Waals surface area contributed by atoms with Crippen LogP contribution < -0.4 is 0 Å². The Labute approximate surface area is 132 Å². The maximum Gasteiger partial charge on any atom is 0.308 e. The van der Waals surface area contributed by atoms with Gasteiger partial charge in [-0.3, -0.25) is 9.59 Å². The highest BCUT2D eigenvalue weighted by Crippen LogP contribution is 2.25. The molecule has 1 rings (SSSR count). The smallest absolute Gasteiger partial charge is 0.308 e. The van der Waals surface area contributed by atoms with E-state index >= 15 is 0 Å². The number of carboxylic acids is 1. The molecule has 22 heavy (non-hydrogen) atoms. The molecule has 0 spiro atoms. The van der Waals surface area contributed by atoms with Gasteiger partial charge in [0.1, 0.15) is 0 Å². The number of hydrogen-bond acceptors (Lipinski definition) is 4. The van der Waals surface area contributed by atoms with Crippen molar-refractivity contribution in [1.29, 1.82) is 0 Å². The first-order valence-corrected chi connectivity index (χ1v) is 8.24. The third kappa shape index (κ3) is 5.93. The number of nitrogens with zero attached hydrogens (tertiary/aromatic N) is 1. The molecule has 0 aromatic carbocycles. The summed E-state index contributed by atoms with van der Waals surface area (Å²) in [6.45, 7) is 6.55. The number of aliphatic carboxylic acids is 1. The molecule has 1 heterocycles. The minimum absolute atomic E-state index is 0.236. The van der Waals surface area contributed by atoms with Crippen molar-refractivity contribution in [1.82, 2.24) is 5.06 Å². The number of carboxylic acid groups (broad SMARTS) is 1. The fourth-order valence-electron chi connectivity index (χ4n) is 2.84. The van der Waals surface area contributed by atoms with E-state index in [-0.39, 0.29) is 5.92 Å².